The van der Waals surface area contributed by atoms with Gasteiger partial charge in [-0.2, -0.15) is 5.26 Å². The van der Waals surface area contributed by atoms with E-state index in [1.54, 1.807) is 49.4 Å². The molecular weight excluding hydrogens is 574 g/mol. The molecule has 1 aromatic heterocycles. The largest absolute Gasteiger partial charge is 0.322 e. The standard InChI is InChI=1S/C30H25N5O5S2/c1-3-25(41-23-11-7-10-21(16-23)33-27(36)19-12-14-22(15-13-19)35(39)40)28(37)34-30-24(17-31)18(2)26(42-30)29(38)32-20-8-5-4-6-9-20/h4-16,25H,3H2,1-2H3,(H,32,38)(H,33,36)(H,34,37). The Balaban J connectivity index is 1.44. The zero-order valence-electron chi connectivity index (χ0n) is 22.5. The molecule has 1 unspecified atom stereocenters. The fourth-order valence-electron chi connectivity index (χ4n) is 3.93. The van der Waals surface area contributed by atoms with Gasteiger partial charge in [-0.25, -0.2) is 0 Å². The van der Waals surface area contributed by atoms with Crippen LogP contribution in [-0.4, -0.2) is 27.9 Å². The monoisotopic (exact) mass is 599 g/mol. The molecule has 212 valence electrons. The number of carbonyl (C=O) groups is 3. The van der Waals surface area contributed by atoms with E-state index in [1.807, 2.05) is 19.1 Å². The van der Waals surface area contributed by atoms with Gasteiger partial charge in [-0.1, -0.05) is 31.2 Å². The highest BCUT2D eigenvalue weighted by Crippen LogP contribution is 2.35. The van der Waals surface area contributed by atoms with E-state index in [4.69, 9.17) is 0 Å². The predicted molar refractivity (Wildman–Crippen MR) is 164 cm³/mol. The summed E-state index contributed by atoms with van der Waals surface area (Å²) >= 11 is 2.34. The summed E-state index contributed by atoms with van der Waals surface area (Å²) in [5.41, 5.74) is 1.99. The van der Waals surface area contributed by atoms with Gasteiger partial charge < -0.3 is 16.0 Å². The maximum Gasteiger partial charge on any atom is 0.269 e. The van der Waals surface area contributed by atoms with Gasteiger partial charge in [0, 0.05) is 34.0 Å². The minimum absolute atomic E-state index is 0.111. The Bertz CT molecular complexity index is 1680. The second-order valence-electron chi connectivity index (χ2n) is 8.98. The first-order valence-corrected chi connectivity index (χ1v) is 14.4. The van der Waals surface area contributed by atoms with Crippen molar-refractivity contribution in [3.63, 3.8) is 0 Å². The molecule has 3 aromatic carbocycles. The van der Waals surface area contributed by atoms with E-state index >= 15 is 0 Å². The van der Waals surface area contributed by atoms with Crippen LogP contribution in [0.5, 0.6) is 0 Å². The third kappa shape index (κ3) is 7.20. The molecule has 3 N–H and O–H groups in total. The van der Waals surface area contributed by atoms with Crippen LogP contribution in [0.25, 0.3) is 0 Å². The van der Waals surface area contributed by atoms with Crippen LogP contribution >= 0.6 is 23.1 Å². The van der Waals surface area contributed by atoms with Crippen molar-refractivity contribution in [2.24, 2.45) is 0 Å². The van der Waals surface area contributed by atoms with Gasteiger partial charge in [0.05, 0.1) is 20.6 Å². The molecule has 0 spiro atoms. The Morgan fingerprint density at radius 3 is 2.26 bits per heavy atom. The van der Waals surface area contributed by atoms with Gasteiger partial charge in [-0.15, -0.1) is 23.1 Å². The van der Waals surface area contributed by atoms with Crippen LogP contribution in [0.3, 0.4) is 0 Å². The number of hydrogen-bond donors (Lipinski definition) is 3. The Morgan fingerprint density at radius 1 is 0.952 bits per heavy atom. The highest BCUT2D eigenvalue weighted by molar-refractivity contribution is 8.00. The summed E-state index contributed by atoms with van der Waals surface area (Å²) in [6, 6.07) is 23.3. The van der Waals surface area contributed by atoms with Crippen LogP contribution in [0.15, 0.2) is 83.8 Å². The minimum Gasteiger partial charge on any atom is -0.322 e. The summed E-state index contributed by atoms with van der Waals surface area (Å²) in [6.45, 7) is 3.54. The molecule has 1 heterocycles. The zero-order chi connectivity index (χ0) is 30.2. The van der Waals surface area contributed by atoms with Gasteiger partial charge in [-0.3, -0.25) is 24.5 Å². The van der Waals surface area contributed by atoms with Crippen LogP contribution in [0, 0.1) is 28.4 Å². The Labute approximate surface area is 249 Å². The van der Waals surface area contributed by atoms with E-state index in [0.29, 0.717) is 33.2 Å². The molecule has 0 bridgehead atoms. The lowest BCUT2D eigenvalue weighted by Crippen LogP contribution is -2.24. The summed E-state index contributed by atoms with van der Waals surface area (Å²) in [7, 11) is 0. The molecule has 1 atom stereocenters. The molecule has 0 aliphatic heterocycles. The van der Waals surface area contributed by atoms with Gasteiger partial charge in [0.2, 0.25) is 5.91 Å². The molecule has 42 heavy (non-hydrogen) atoms. The van der Waals surface area contributed by atoms with Crippen LogP contribution in [0.2, 0.25) is 0 Å². The summed E-state index contributed by atoms with van der Waals surface area (Å²) in [5, 5.41) is 28.8. The molecule has 3 amide bonds. The molecule has 0 radical (unpaired) electrons. The van der Waals surface area contributed by atoms with E-state index in [9.17, 15) is 29.8 Å². The number of thioether (sulfide) groups is 1. The number of rotatable bonds is 10. The Morgan fingerprint density at radius 2 is 1.62 bits per heavy atom. The van der Waals surface area contributed by atoms with E-state index in [2.05, 4.69) is 22.0 Å². The molecule has 0 fully saturated rings. The van der Waals surface area contributed by atoms with Gasteiger partial charge in [-0.05, 0) is 61.4 Å². The fourth-order valence-corrected chi connectivity index (χ4v) is 5.99. The molecule has 0 aliphatic carbocycles. The molecule has 0 saturated heterocycles. The number of non-ortho nitro benzene ring substituents is 1. The van der Waals surface area contributed by atoms with E-state index in [1.165, 1.54) is 36.0 Å². The summed E-state index contributed by atoms with van der Waals surface area (Å²) in [6.07, 6.45) is 0.476. The first-order valence-electron chi connectivity index (χ1n) is 12.7. The van der Waals surface area contributed by atoms with Crippen molar-refractivity contribution < 1.29 is 19.3 Å². The first kappa shape index (κ1) is 30.0. The van der Waals surface area contributed by atoms with Crippen molar-refractivity contribution in [1.82, 2.24) is 0 Å². The van der Waals surface area contributed by atoms with Crippen molar-refractivity contribution in [1.29, 1.82) is 5.26 Å². The molecule has 4 rings (SSSR count). The average molecular weight is 600 g/mol. The number of nitro groups is 1. The number of anilines is 3. The minimum atomic E-state index is -0.537. The quantitative estimate of drug-likeness (QED) is 0.102. The first-order chi connectivity index (χ1) is 20.2. The molecule has 10 nitrogen and oxygen atoms in total. The average Bonchev–Trinajstić information content (AvgIpc) is 3.30. The molecule has 4 aromatic rings. The summed E-state index contributed by atoms with van der Waals surface area (Å²) in [5.74, 6) is -1.12. The second kappa shape index (κ2) is 13.6. The predicted octanol–water partition coefficient (Wildman–Crippen LogP) is 6.85. The van der Waals surface area contributed by atoms with Crippen molar-refractivity contribution in [2.45, 2.75) is 30.4 Å². The molecular formula is C30H25N5O5S2. The fraction of sp³-hybridized carbons (Fsp3) is 0.133. The van der Waals surface area contributed by atoms with Crippen LogP contribution < -0.4 is 16.0 Å². The van der Waals surface area contributed by atoms with Crippen LogP contribution in [0.4, 0.5) is 22.1 Å². The number of nitrogens with one attached hydrogen (secondary N) is 3. The summed E-state index contributed by atoms with van der Waals surface area (Å²) in [4.78, 5) is 50.2. The maximum atomic E-state index is 13.3. The normalized spacial score (nSPS) is 11.2. The number of para-hydroxylation sites is 1. The lowest BCUT2D eigenvalue weighted by molar-refractivity contribution is -0.384. The number of nitro benzene ring substituents is 1. The van der Waals surface area contributed by atoms with Gasteiger partial charge in [0.1, 0.15) is 11.1 Å². The Hall–Kier alpha value is -4.99. The molecule has 0 aliphatic rings. The SMILES string of the molecule is CCC(Sc1cccc(NC(=O)c2ccc([N+](=O)[O-])cc2)c1)C(=O)Nc1sc(C(=O)Nc2ccccc2)c(C)c1C#N. The highest BCUT2D eigenvalue weighted by atomic mass is 32.2. The van der Waals surface area contributed by atoms with E-state index in [-0.39, 0.29) is 28.6 Å². The topological polar surface area (TPSA) is 154 Å². The van der Waals surface area contributed by atoms with Crippen LogP contribution in [0.1, 0.15) is 44.5 Å². The molecule has 12 heteroatoms. The third-order valence-corrected chi connectivity index (χ3v) is 8.67. The van der Waals surface area contributed by atoms with Crippen LogP contribution in [-0.2, 0) is 4.79 Å². The van der Waals surface area contributed by atoms with Crippen molar-refractivity contribution in [3.8, 4) is 6.07 Å². The number of nitriles is 1. The van der Waals surface area contributed by atoms with Gasteiger partial charge in [0.25, 0.3) is 17.5 Å². The third-order valence-electron chi connectivity index (χ3n) is 6.11. The van der Waals surface area contributed by atoms with Gasteiger partial charge in [0.15, 0.2) is 0 Å². The lowest BCUT2D eigenvalue weighted by Gasteiger charge is -2.15. The number of amides is 3. The zero-order valence-corrected chi connectivity index (χ0v) is 24.2. The Kier molecular flexibility index (Phi) is 9.69. The van der Waals surface area contributed by atoms with E-state index < -0.39 is 16.1 Å². The number of thiophene rings is 1. The number of nitrogens with zero attached hydrogens (tertiary/aromatic N) is 2. The number of benzene rings is 3. The van der Waals surface area contributed by atoms with Gasteiger partial charge >= 0.3 is 0 Å². The molecule has 0 saturated carbocycles. The van der Waals surface area contributed by atoms with Crippen molar-refractivity contribution in [2.75, 3.05) is 16.0 Å². The van der Waals surface area contributed by atoms with Crippen molar-refractivity contribution in [3.05, 3.63) is 111 Å². The highest BCUT2D eigenvalue weighted by Gasteiger charge is 2.25. The van der Waals surface area contributed by atoms with Crippen molar-refractivity contribution >= 4 is 62.9 Å². The summed E-state index contributed by atoms with van der Waals surface area (Å²) < 4.78 is 0. The maximum absolute atomic E-state index is 13.3. The lowest BCUT2D eigenvalue weighted by atomic mass is 10.1. The number of hydrogen-bond acceptors (Lipinski definition) is 8. The van der Waals surface area contributed by atoms with E-state index in [0.717, 1.165) is 16.2 Å². The second-order valence-corrected chi connectivity index (χ2v) is 11.3. The smallest absolute Gasteiger partial charge is 0.269 e. The number of carbonyl (C=O) groups excluding carboxylic acids is 3.